The van der Waals surface area contributed by atoms with E-state index in [0.29, 0.717) is 12.8 Å². The van der Waals surface area contributed by atoms with Crippen LogP contribution >= 0.6 is 0 Å². The summed E-state index contributed by atoms with van der Waals surface area (Å²) in [5.41, 5.74) is 6.93. The lowest BCUT2D eigenvalue weighted by Crippen LogP contribution is -2.14. The number of fused-ring (bicyclic) bond motifs is 2. The summed E-state index contributed by atoms with van der Waals surface area (Å²) < 4.78 is 4.59. The van der Waals surface area contributed by atoms with Gasteiger partial charge in [0, 0.05) is 48.4 Å². The SMILES string of the molecule is O=C(Cc1cc2ccccc2n1Cc1ccccc1)Cc1cc2ccccc2n1Cc1ccccc1. The van der Waals surface area contributed by atoms with E-state index in [1.165, 1.54) is 32.9 Å². The van der Waals surface area contributed by atoms with E-state index in [4.69, 9.17) is 0 Å². The number of benzene rings is 4. The van der Waals surface area contributed by atoms with Crippen LogP contribution in [-0.4, -0.2) is 14.9 Å². The third-order valence-electron chi connectivity index (χ3n) is 6.92. The first-order valence-corrected chi connectivity index (χ1v) is 12.5. The maximum absolute atomic E-state index is 13.5. The molecule has 36 heavy (non-hydrogen) atoms. The molecular formula is C33H28N2O. The van der Waals surface area contributed by atoms with Crippen LogP contribution < -0.4 is 0 Å². The highest BCUT2D eigenvalue weighted by Crippen LogP contribution is 2.25. The zero-order chi connectivity index (χ0) is 24.3. The van der Waals surface area contributed by atoms with Crippen LogP contribution in [0.5, 0.6) is 0 Å². The molecule has 0 aliphatic rings. The van der Waals surface area contributed by atoms with Crippen LogP contribution in [-0.2, 0) is 30.7 Å². The maximum atomic E-state index is 13.5. The largest absolute Gasteiger partial charge is 0.340 e. The van der Waals surface area contributed by atoms with E-state index >= 15 is 0 Å². The Bertz CT molecular complexity index is 1520. The molecule has 3 nitrogen and oxygen atoms in total. The predicted octanol–water partition coefficient (Wildman–Crippen LogP) is 7.05. The zero-order valence-corrected chi connectivity index (χ0v) is 20.2. The molecule has 176 valence electrons. The Kier molecular flexibility index (Phi) is 5.96. The number of nitrogens with zero attached hydrogens (tertiary/aromatic N) is 2. The minimum atomic E-state index is 0.226. The van der Waals surface area contributed by atoms with Gasteiger partial charge in [-0.15, -0.1) is 0 Å². The van der Waals surface area contributed by atoms with E-state index in [-0.39, 0.29) is 5.78 Å². The van der Waals surface area contributed by atoms with Crippen molar-refractivity contribution in [2.45, 2.75) is 25.9 Å². The molecule has 4 aromatic carbocycles. The molecule has 0 radical (unpaired) electrons. The highest BCUT2D eigenvalue weighted by molar-refractivity contribution is 5.88. The summed E-state index contributed by atoms with van der Waals surface area (Å²) in [5.74, 6) is 0.226. The van der Waals surface area contributed by atoms with Gasteiger partial charge in [0.15, 0.2) is 0 Å². The van der Waals surface area contributed by atoms with Gasteiger partial charge in [-0.3, -0.25) is 4.79 Å². The lowest BCUT2D eigenvalue weighted by atomic mass is 10.1. The number of aromatic nitrogens is 2. The number of para-hydroxylation sites is 2. The van der Waals surface area contributed by atoms with Gasteiger partial charge in [0.25, 0.3) is 0 Å². The van der Waals surface area contributed by atoms with Crippen LogP contribution in [0, 0.1) is 0 Å². The second-order valence-corrected chi connectivity index (χ2v) is 9.42. The fourth-order valence-electron chi connectivity index (χ4n) is 5.20. The Balaban J connectivity index is 1.31. The first-order valence-electron chi connectivity index (χ1n) is 12.5. The molecule has 0 spiro atoms. The van der Waals surface area contributed by atoms with E-state index in [9.17, 15) is 4.79 Å². The summed E-state index contributed by atoms with van der Waals surface area (Å²) in [6, 6.07) is 42.1. The highest BCUT2D eigenvalue weighted by atomic mass is 16.1. The molecule has 2 aromatic heterocycles. The molecule has 2 heterocycles. The van der Waals surface area contributed by atoms with Gasteiger partial charge in [0.1, 0.15) is 5.78 Å². The number of carbonyl (C=O) groups is 1. The van der Waals surface area contributed by atoms with Crippen LogP contribution in [0.3, 0.4) is 0 Å². The van der Waals surface area contributed by atoms with Gasteiger partial charge in [0.2, 0.25) is 0 Å². The molecule has 6 aromatic rings. The Morgan fingerprint density at radius 3 is 1.33 bits per heavy atom. The molecule has 0 atom stereocenters. The van der Waals surface area contributed by atoms with Crippen molar-refractivity contribution in [2.75, 3.05) is 0 Å². The molecule has 0 aliphatic carbocycles. The minimum Gasteiger partial charge on any atom is -0.340 e. The molecule has 0 amide bonds. The van der Waals surface area contributed by atoms with Crippen LogP contribution in [0.15, 0.2) is 121 Å². The van der Waals surface area contributed by atoms with Gasteiger partial charge >= 0.3 is 0 Å². The van der Waals surface area contributed by atoms with Crippen molar-refractivity contribution in [3.8, 4) is 0 Å². The van der Waals surface area contributed by atoms with Gasteiger partial charge in [-0.05, 0) is 46.2 Å². The van der Waals surface area contributed by atoms with Crippen LogP contribution in [0.1, 0.15) is 22.5 Å². The molecule has 0 bridgehead atoms. The molecule has 3 heteroatoms. The number of hydrogen-bond donors (Lipinski definition) is 0. The van der Waals surface area contributed by atoms with Crippen LogP contribution in [0.25, 0.3) is 21.8 Å². The zero-order valence-electron chi connectivity index (χ0n) is 20.2. The lowest BCUT2D eigenvalue weighted by molar-refractivity contribution is -0.117. The summed E-state index contributed by atoms with van der Waals surface area (Å²) in [6.45, 7) is 1.51. The van der Waals surface area contributed by atoms with Crippen molar-refractivity contribution in [3.05, 3.63) is 144 Å². The summed E-state index contributed by atoms with van der Waals surface area (Å²) in [6.07, 6.45) is 0.822. The maximum Gasteiger partial charge on any atom is 0.144 e. The van der Waals surface area contributed by atoms with Gasteiger partial charge in [-0.25, -0.2) is 0 Å². The van der Waals surface area contributed by atoms with Crippen LogP contribution in [0.2, 0.25) is 0 Å². The first kappa shape index (κ1) is 22.1. The summed E-state index contributed by atoms with van der Waals surface area (Å²) in [5, 5.41) is 2.35. The van der Waals surface area contributed by atoms with E-state index in [1.807, 2.05) is 12.1 Å². The molecule has 0 aliphatic heterocycles. The smallest absolute Gasteiger partial charge is 0.144 e. The second kappa shape index (κ2) is 9.71. The highest BCUT2D eigenvalue weighted by Gasteiger charge is 2.16. The van der Waals surface area contributed by atoms with Gasteiger partial charge in [-0.1, -0.05) is 97.1 Å². The number of hydrogen-bond acceptors (Lipinski definition) is 1. The predicted molar refractivity (Wildman–Crippen MR) is 147 cm³/mol. The minimum absolute atomic E-state index is 0.226. The first-order chi connectivity index (χ1) is 17.7. The Morgan fingerprint density at radius 1 is 0.500 bits per heavy atom. The number of ketones is 1. The number of rotatable bonds is 8. The summed E-state index contributed by atoms with van der Waals surface area (Å²) >= 11 is 0. The monoisotopic (exact) mass is 468 g/mol. The molecule has 0 saturated heterocycles. The number of carbonyl (C=O) groups excluding carboxylic acids is 1. The Labute approximate surface area is 211 Å². The molecule has 0 fully saturated rings. The molecule has 6 rings (SSSR count). The fourth-order valence-corrected chi connectivity index (χ4v) is 5.20. The third-order valence-corrected chi connectivity index (χ3v) is 6.92. The van der Waals surface area contributed by atoms with Gasteiger partial charge < -0.3 is 9.13 Å². The Hall–Kier alpha value is -4.37. The normalized spacial score (nSPS) is 11.3. The summed E-state index contributed by atoms with van der Waals surface area (Å²) in [7, 11) is 0. The van der Waals surface area contributed by atoms with E-state index in [1.54, 1.807) is 0 Å². The van der Waals surface area contributed by atoms with Crippen molar-refractivity contribution in [2.24, 2.45) is 0 Å². The standard InChI is InChI=1S/C33H28N2O/c36-31(21-29-19-27-15-7-9-17-32(27)34(29)23-25-11-3-1-4-12-25)22-30-20-28-16-8-10-18-33(28)35(30)24-26-13-5-2-6-14-26/h1-20H,21-24H2. The van der Waals surface area contributed by atoms with Crippen molar-refractivity contribution >= 4 is 27.6 Å². The van der Waals surface area contributed by atoms with E-state index < -0.39 is 0 Å². The van der Waals surface area contributed by atoms with Crippen molar-refractivity contribution in [1.29, 1.82) is 0 Å². The average Bonchev–Trinajstić information content (AvgIpc) is 3.42. The fraction of sp³-hybridized carbons (Fsp3) is 0.121. The molecular weight excluding hydrogens is 440 g/mol. The molecule has 0 N–H and O–H groups in total. The lowest BCUT2D eigenvalue weighted by Gasteiger charge is -2.13. The topological polar surface area (TPSA) is 26.9 Å². The second-order valence-electron chi connectivity index (χ2n) is 9.42. The van der Waals surface area contributed by atoms with Crippen molar-refractivity contribution in [1.82, 2.24) is 9.13 Å². The van der Waals surface area contributed by atoms with Crippen LogP contribution in [0.4, 0.5) is 0 Å². The van der Waals surface area contributed by atoms with Crippen molar-refractivity contribution in [3.63, 3.8) is 0 Å². The number of Topliss-reactive ketones (excluding diaryl/α,β-unsaturated/α-hetero) is 1. The quantitative estimate of drug-likeness (QED) is 0.235. The third kappa shape index (κ3) is 4.48. The van der Waals surface area contributed by atoms with Gasteiger partial charge in [-0.2, -0.15) is 0 Å². The van der Waals surface area contributed by atoms with E-state index in [2.05, 4.69) is 118 Å². The van der Waals surface area contributed by atoms with Crippen molar-refractivity contribution < 1.29 is 4.79 Å². The molecule has 0 unspecified atom stereocenters. The Morgan fingerprint density at radius 2 is 0.889 bits per heavy atom. The molecule has 0 saturated carbocycles. The average molecular weight is 469 g/mol. The van der Waals surface area contributed by atoms with E-state index in [0.717, 1.165) is 24.5 Å². The van der Waals surface area contributed by atoms with Gasteiger partial charge in [0.05, 0.1) is 0 Å². The summed E-state index contributed by atoms with van der Waals surface area (Å²) in [4.78, 5) is 13.5.